The van der Waals surface area contributed by atoms with Crippen molar-refractivity contribution in [3.8, 4) is 18.2 Å². The zero-order chi connectivity index (χ0) is 30.9. The normalized spacial score (nSPS) is 12.1. The van der Waals surface area contributed by atoms with Crippen molar-refractivity contribution < 1.29 is 17.1 Å². The van der Waals surface area contributed by atoms with Crippen LogP contribution in [0, 0.1) is 34.0 Å². The molecule has 0 radical (unpaired) electrons. The van der Waals surface area contributed by atoms with Crippen LogP contribution in [-0.4, -0.2) is 12.4 Å². The van der Waals surface area contributed by atoms with Crippen LogP contribution < -0.4 is 0 Å². The summed E-state index contributed by atoms with van der Waals surface area (Å²) in [6.07, 6.45) is 12.5. The molecular formula is C38H33FeN5. The largest absolute Gasteiger partial charge is 0.279 e. The fraction of sp³-hybridized carbons (Fsp3) is 0.132. The van der Waals surface area contributed by atoms with Gasteiger partial charge in [0.1, 0.15) is 12.1 Å². The van der Waals surface area contributed by atoms with Gasteiger partial charge in [0.15, 0.2) is 0 Å². The smallest absolute Gasteiger partial charge is 0.101 e. The van der Waals surface area contributed by atoms with Crippen molar-refractivity contribution in [2.75, 3.05) is 0 Å². The number of fused-ring (bicyclic) bond motifs is 4. The summed E-state index contributed by atoms with van der Waals surface area (Å²) in [6, 6.07) is 39.1. The second kappa shape index (κ2) is 19.0. The maximum absolute atomic E-state index is 7.32. The van der Waals surface area contributed by atoms with Crippen LogP contribution >= 0.6 is 0 Å². The first-order valence-corrected chi connectivity index (χ1v) is 13.8. The molecule has 0 saturated carbocycles. The summed E-state index contributed by atoms with van der Waals surface area (Å²) < 4.78 is 0. The second-order valence-corrected chi connectivity index (χ2v) is 9.25. The Bertz CT molecular complexity index is 1520. The fourth-order valence-corrected chi connectivity index (χ4v) is 4.91. The van der Waals surface area contributed by atoms with Gasteiger partial charge in [0.25, 0.3) is 0 Å². The van der Waals surface area contributed by atoms with Crippen molar-refractivity contribution in [1.29, 1.82) is 15.8 Å². The Labute approximate surface area is 271 Å². The van der Waals surface area contributed by atoms with Crippen molar-refractivity contribution >= 4 is 36.7 Å². The Kier molecular flexibility index (Phi) is 15.1. The Hall–Kier alpha value is -5.31. The average Bonchev–Trinajstić information content (AvgIpc) is 3.29. The molecular weight excluding hydrogens is 582 g/mol. The van der Waals surface area contributed by atoms with E-state index in [1.807, 2.05) is 12.4 Å². The monoisotopic (exact) mass is 615 g/mol. The number of benzene rings is 4. The second-order valence-electron chi connectivity index (χ2n) is 9.25. The van der Waals surface area contributed by atoms with E-state index in [2.05, 4.69) is 121 Å². The standard InChI is InChI=1S/C32H24N2.3C2H3N.Fe/c1-5-13-27-23(9-1)17-18-24-10-2-6-14-28(24)31(27)33-21-22-34-32-29-15-7-3-11-25(29)19-20-26-12-4-8-16-30(26)32;3*1-2-3;/h1-22,31-32H;3*1H3;. The number of nitriles is 3. The third kappa shape index (κ3) is 9.09. The summed E-state index contributed by atoms with van der Waals surface area (Å²) in [5.74, 6) is 0. The van der Waals surface area contributed by atoms with Crippen molar-refractivity contribution in [2.45, 2.75) is 32.9 Å². The first kappa shape index (κ1) is 34.9. The molecule has 0 amide bonds. The Morgan fingerprint density at radius 3 is 0.886 bits per heavy atom. The first-order chi connectivity index (χ1) is 21.1. The van der Waals surface area contributed by atoms with Gasteiger partial charge in [0.2, 0.25) is 0 Å². The van der Waals surface area contributed by atoms with E-state index in [0.717, 1.165) is 0 Å². The van der Waals surface area contributed by atoms with Gasteiger partial charge in [-0.25, -0.2) is 0 Å². The van der Waals surface area contributed by atoms with Crippen molar-refractivity contribution in [2.24, 2.45) is 9.98 Å². The maximum Gasteiger partial charge on any atom is 0.101 e. The van der Waals surface area contributed by atoms with Crippen LogP contribution in [-0.2, 0) is 17.1 Å². The van der Waals surface area contributed by atoms with E-state index in [-0.39, 0.29) is 29.2 Å². The molecule has 2 aliphatic rings. The SMILES string of the molecule is C1=Cc2ccccc2C(N=CC=NC2c3ccccc3C=Cc3ccccc32)c2ccccc21.CC#N.CC#N.CC#N.[Fe]. The minimum Gasteiger partial charge on any atom is -0.279 e. The van der Waals surface area contributed by atoms with Gasteiger partial charge in [-0.3, -0.25) is 9.98 Å². The van der Waals surface area contributed by atoms with E-state index < -0.39 is 0 Å². The molecule has 0 unspecified atom stereocenters. The topological polar surface area (TPSA) is 96.1 Å². The minimum absolute atomic E-state index is 0. The van der Waals surface area contributed by atoms with E-state index in [9.17, 15) is 0 Å². The van der Waals surface area contributed by atoms with Crippen molar-refractivity contribution in [1.82, 2.24) is 0 Å². The Morgan fingerprint density at radius 2 is 0.659 bits per heavy atom. The van der Waals surface area contributed by atoms with Crippen LogP contribution in [0.3, 0.4) is 0 Å². The summed E-state index contributed by atoms with van der Waals surface area (Å²) in [5, 5.41) is 22.0. The molecule has 0 N–H and O–H groups in total. The van der Waals surface area contributed by atoms with E-state index >= 15 is 0 Å². The van der Waals surface area contributed by atoms with E-state index in [4.69, 9.17) is 25.8 Å². The molecule has 4 aromatic rings. The molecule has 0 aliphatic heterocycles. The molecule has 0 fully saturated rings. The first-order valence-electron chi connectivity index (χ1n) is 13.8. The fourth-order valence-electron chi connectivity index (χ4n) is 4.91. The summed E-state index contributed by atoms with van der Waals surface area (Å²) in [7, 11) is 0. The van der Waals surface area contributed by atoms with Crippen LogP contribution in [0.15, 0.2) is 107 Å². The van der Waals surface area contributed by atoms with Gasteiger partial charge < -0.3 is 0 Å². The van der Waals surface area contributed by atoms with Crippen LogP contribution in [0.1, 0.15) is 77.4 Å². The van der Waals surface area contributed by atoms with Crippen molar-refractivity contribution in [3.63, 3.8) is 0 Å². The van der Waals surface area contributed by atoms with Gasteiger partial charge in [0.05, 0.1) is 18.2 Å². The molecule has 0 spiro atoms. The van der Waals surface area contributed by atoms with Gasteiger partial charge in [0, 0.05) is 50.3 Å². The van der Waals surface area contributed by atoms with Crippen LogP contribution in [0.5, 0.6) is 0 Å². The minimum atomic E-state index is -0.0655. The van der Waals surface area contributed by atoms with E-state index in [1.54, 1.807) is 18.2 Å². The summed E-state index contributed by atoms with van der Waals surface area (Å²) in [4.78, 5) is 10.0. The summed E-state index contributed by atoms with van der Waals surface area (Å²) in [6.45, 7) is 4.29. The summed E-state index contributed by atoms with van der Waals surface area (Å²) >= 11 is 0. The number of aliphatic imine (C=N–C) groups is 2. The molecule has 4 aromatic carbocycles. The zero-order valence-corrected chi connectivity index (χ0v) is 26.1. The zero-order valence-electron chi connectivity index (χ0n) is 24.9. The van der Waals surface area contributed by atoms with E-state index in [1.165, 1.54) is 65.3 Å². The van der Waals surface area contributed by atoms with Crippen LogP contribution in [0.2, 0.25) is 0 Å². The number of hydrogen-bond acceptors (Lipinski definition) is 5. The predicted octanol–water partition coefficient (Wildman–Crippen LogP) is 9.26. The van der Waals surface area contributed by atoms with Crippen molar-refractivity contribution in [3.05, 3.63) is 142 Å². The molecule has 6 heteroatoms. The molecule has 44 heavy (non-hydrogen) atoms. The third-order valence-corrected chi connectivity index (χ3v) is 6.58. The van der Waals surface area contributed by atoms with Crippen LogP contribution in [0.4, 0.5) is 0 Å². The molecule has 5 nitrogen and oxygen atoms in total. The Balaban J connectivity index is 0.000000607. The third-order valence-electron chi connectivity index (χ3n) is 6.58. The van der Waals surface area contributed by atoms with Gasteiger partial charge >= 0.3 is 0 Å². The molecule has 6 rings (SSSR count). The summed E-state index contributed by atoms with van der Waals surface area (Å²) in [5.41, 5.74) is 9.66. The molecule has 2 aliphatic carbocycles. The molecule has 0 heterocycles. The number of nitrogens with zero attached hydrogens (tertiary/aromatic N) is 5. The van der Waals surface area contributed by atoms with E-state index in [0.29, 0.717) is 0 Å². The van der Waals surface area contributed by atoms with Gasteiger partial charge in [-0.2, -0.15) is 15.8 Å². The molecule has 0 saturated heterocycles. The Morgan fingerprint density at radius 1 is 0.455 bits per heavy atom. The molecule has 218 valence electrons. The number of rotatable bonds is 3. The number of hydrogen-bond donors (Lipinski definition) is 0. The molecule has 0 bridgehead atoms. The van der Waals surface area contributed by atoms with Gasteiger partial charge in [-0.15, -0.1) is 0 Å². The van der Waals surface area contributed by atoms with Gasteiger partial charge in [-0.1, -0.05) is 121 Å². The van der Waals surface area contributed by atoms with Gasteiger partial charge in [-0.05, 0) is 44.5 Å². The maximum atomic E-state index is 7.32. The molecule has 0 atom stereocenters. The quantitative estimate of drug-likeness (QED) is 0.170. The average molecular weight is 616 g/mol. The van der Waals surface area contributed by atoms with Crippen LogP contribution in [0.25, 0.3) is 24.3 Å². The predicted molar refractivity (Wildman–Crippen MR) is 178 cm³/mol. The molecule has 0 aromatic heterocycles.